The Morgan fingerprint density at radius 2 is 0.764 bits per heavy atom. The zero-order valence-electron chi connectivity index (χ0n) is 39.9. The summed E-state index contributed by atoms with van der Waals surface area (Å²) in [6.45, 7) is 5.02. The van der Waals surface area contributed by atoms with E-state index in [9.17, 15) is 29.7 Å². The first kappa shape index (κ1) is 51.3. The van der Waals surface area contributed by atoms with E-state index in [1.807, 2.05) is 48.5 Å². The predicted molar refractivity (Wildman–Crippen MR) is 269 cm³/mol. The summed E-state index contributed by atoms with van der Waals surface area (Å²) < 4.78 is 16.2. The molecular weight excluding hydrogens is 915 g/mol. The molecule has 1 fully saturated rings. The highest BCUT2D eigenvalue weighted by Crippen LogP contribution is 2.18. The lowest BCUT2D eigenvalue weighted by Crippen LogP contribution is -2.36. The zero-order valence-corrected chi connectivity index (χ0v) is 39.9. The number of rotatable bonds is 15. The molecule has 366 valence electrons. The maximum absolute atomic E-state index is 12.4. The molecule has 0 radical (unpaired) electrons. The molecule has 7 rings (SSSR count). The van der Waals surface area contributed by atoms with Gasteiger partial charge in [-0.1, -0.05) is 35.5 Å². The van der Waals surface area contributed by atoms with E-state index in [2.05, 4.69) is 65.2 Å². The number of carbonyl (C=O) groups is 3. The monoisotopic (exact) mass is 967 g/mol. The van der Waals surface area contributed by atoms with Crippen LogP contribution in [-0.4, -0.2) is 130 Å². The number of hydrogen-bond acceptors (Lipinski definition) is 13. The van der Waals surface area contributed by atoms with E-state index in [-0.39, 0.29) is 36.7 Å². The largest absolute Gasteiger partial charge is 0.497 e. The van der Waals surface area contributed by atoms with Gasteiger partial charge in [0.25, 0.3) is 0 Å². The van der Waals surface area contributed by atoms with Crippen LogP contribution in [0.5, 0.6) is 17.2 Å². The van der Waals surface area contributed by atoms with Gasteiger partial charge in [0.1, 0.15) is 34.3 Å². The van der Waals surface area contributed by atoms with Gasteiger partial charge in [0.05, 0.1) is 37.9 Å². The second kappa shape index (κ2) is 25.3. The summed E-state index contributed by atoms with van der Waals surface area (Å²) in [6, 6.07) is 31.5. The van der Waals surface area contributed by atoms with E-state index in [0.29, 0.717) is 103 Å². The van der Waals surface area contributed by atoms with Gasteiger partial charge in [0.2, 0.25) is 0 Å². The lowest BCUT2D eigenvalue weighted by molar-refractivity contribution is 0.0679. The number of nitrogens with two attached hydrogens (primary N) is 1. The van der Waals surface area contributed by atoms with Crippen LogP contribution in [0.4, 0.5) is 0 Å². The Kier molecular flexibility index (Phi) is 18.1. The molecule has 0 bridgehead atoms. The maximum Gasteiger partial charge on any atom is 0.354 e. The van der Waals surface area contributed by atoms with Crippen molar-refractivity contribution in [1.29, 1.82) is 0 Å². The third-order valence-corrected chi connectivity index (χ3v) is 11.4. The van der Waals surface area contributed by atoms with Gasteiger partial charge in [-0.2, -0.15) is 0 Å². The molecule has 1 saturated heterocycles. The van der Waals surface area contributed by atoms with E-state index in [0.717, 1.165) is 23.1 Å². The van der Waals surface area contributed by atoms with Crippen molar-refractivity contribution in [1.82, 2.24) is 29.7 Å². The number of hydrogen-bond donors (Lipinski definition) is 4. The van der Waals surface area contributed by atoms with E-state index in [1.54, 1.807) is 56.7 Å². The summed E-state index contributed by atoms with van der Waals surface area (Å²) >= 11 is 0. The lowest BCUT2D eigenvalue weighted by Gasteiger charge is -2.25. The summed E-state index contributed by atoms with van der Waals surface area (Å²) in [4.78, 5) is 57.1. The molecule has 0 saturated carbocycles. The van der Waals surface area contributed by atoms with E-state index >= 15 is 0 Å². The molecule has 1 aliphatic rings. The van der Waals surface area contributed by atoms with Crippen LogP contribution in [0.2, 0.25) is 0 Å². The molecule has 6 aromatic rings. The fourth-order valence-corrected chi connectivity index (χ4v) is 7.59. The second-order valence-corrected chi connectivity index (χ2v) is 16.7. The molecular formula is C56H53N7O9. The minimum absolute atomic E-state index is 0.137. The molecule has 16 nitrogen and oxygen atoms in total. The van der Waals surface area contributed by atoms with Crippen molar-refractivity contribution < 1.29 is 43.9 Å². The number of aromatic carboxylic acids is 3. The smallest absolute Gasteiger partial charge is 0.354 e. The van der Waals surface area contributed by atoms with Gasteiger partial charge in [0.15, 0.2) is 0 Å². The van der Waals surface area contributed by atoms with Gasteiger partial charge in [-0.3, -0.25) is 14.7 Å². The Bertz CT molecular complexity index is 2930. The maximum atomic E-state index is 12.4. The molecule has 5 N–H and O–H groups in total. The van der Waals surface area contributed by atoms with Crippen molar-refractivity contribution in [3.05, 3.63) is 177 Å². The Labute approximate surface area is 418 Å². The molecule has 0 spiro atoms. The highest BCUT2D eigenvalue weighted by Gasteiger charge is 2.21. The summed E-state index contributed by atoms with van der Waals surface area (Å²) in [7, 11) is 3.17. The number of pyridine rings is 3. The van der Waals surface area contributed by atoms with Gasteiger partial charge in [0, 0.05) is 92.3 Å². The molecule has 3 aromatic carbocycles. The first-order valence-electron chi connectivity index (χ1n) is 23.1. The average molecular weight is 968 g/mol. The topological polar surface area (TPSA) is 214 Å². The highest BCUT2D eigenvalue weighted by molar-refractivity contribution is 5.87. The van der Waals surface area contributed by atoms with Crippen LogP contribution in [-0.2, 0) is 19.6 Å². The van der Waals surface area contributed by atoms with Crippen LogP contribution < -0.4 is 19.9 Å². The zero-order chi connectivity index (χ0) is 50.8. The van der Waals surface area contributed by atoms with Crippen LogP contribution in [0.25, 0.3) is 0 Å². The number of ether oxygens (including phenoxy) is 3. The minimum Gasteiger partial charge on any atom is -0.497 e. The molecule has 3 aromatic heterocycles. The standard InChI is InChI=1S/C56H53N7O9/c1-70-48-16-10-39(11-17-48)4-7-42-30-45(58-51(33-42)54(64)65)36-61-23-24-62(37-46-31-43(34-52(59-46)55(66)67)8-5-40-12-18-49(71-2)19-13-40)26-28-63(27-25-61)38-47-32-44(35-53(60-47)56(68)69)9-6-41-14-20-50(21-15-41)72-29-3-22-57/h10-21,30-35H,3,22-29,36-38,57H2,1-2H3,(H,64,65)(H,66,67)(H,68,69). The van der Waals surface area contributed by atoms with E-state index in [4.69, 9.17) is 19.9 Å². The summed E-state index contributed by atoms with van der Waals surface area (Å²) in [5.74, 6) is 17.2. The molecule has 72 heavy (non-hydrogen) atoms. The molecule has 1 aliphatic heterocycles. The molecule has 4 heterocycles. The highest BCUT2D eigenvalue weighted by atomic mass is 16.5. The number of carboxylic acid groups (broad SMARTS) is 3. The summed E-state index contributed by atoms with van der Waals surface area (Å²) in [5, 5.41) is 30.3. The van der Waals surface area contributed by atoms with Crippen molar-refractivity contribution in [3.8, 4) is 52.8 Å². The van der Waals surface area contributed by atoms with E-state index in [1.165, 1.54) is 18.2 Å². The number of nitrogens with zero attached hydrogens (tertiary/aromatic N) is 6. The molecule has 0 unspecified atom stereocenters. The Morgan fingerprint density at radius 3 is 1.04 bits per heavy atom. The van der Waals surface area contributed by atoms with Gasteiger partial charge >= 0.3 is 17.9 Å². The van der Waals surface area contributed by atoms with Crippen molar-refractivity contribution >= 4 is 17.9 Å². The van der Waals surface area contributed by atoms with Crippen molar-refractivity contribution in [2.24, 2.45) is 5.73 Å². The van der Waals surface area contributed by atoms with Gasteiger partial charge in [-0.15, -0.1) is 0 Å². The molecule has 0 amide bonds. The normalized spacial score (nSPS) is 13.0. The lowest BCUT2D eigenvalue weighted by atomic mass is 10.1. The minimum atomic E-state index is -1.19. The third-order valence-electron chi connectivity index (χ3n) is 11.4. The van der Waals surface area contributed by atoms with Crippen molar-refractivity contribution in [2.45, 2.75) is 26.1 Å². The number of carboxylic acids is 3. The number of aromatic nitrogens is 3. The van der Waals surface area contributed by atoms with Crippen molar-refractivity contribution in [2.75, 3.05) is 66.6 Å². The van der Waals surface area contributed by atoms with Gasteiger partial charge in [-0.25, -0.2) is 29.3 Å². The SMILES string of the molecule is COc1ccc(C#Cc2cc(CN3CCN(Cc4cc(C#Cc5ccc(OC)cc5)cc(C(=O)O)n4)CCN(Cc4cc(C#Cc5ccc(OCCCN)cc5)cc(C(=O)O)n4)CC3)nc(C(=O)O)c2)cc1. The fraction of sp³-hybridized carbons (Fsp3) is 0.250. The van der Waals surface area contributed by atoms with Gasteiger partial charge < -0.3 is 35.3 Å². The van der Waals surface area contributed by atoms with Gasteiger partial charge in [-0.05, 0) is 122 Å². The van der Waals surface area contributed by atoms with E-state index < -0.39 is 17.9 Å². The van der Waals surface area contributed by atoms with Crippen LogP contribution in [0, 0.1) is 35.5 Å². The molecule has 0 atom stereocenters. The van der Waals surface area contributed by atoms with Crippen LogP contribution in [0.1, 0.15) is 88.3 Å². The Balaban J connectivity index is 1.17. The number of methoxy groups -OCH3 is 2. The molecule has 0 aliphatic carbocycles. The van der Waals surface area contributed by atoms with Crippen molar-refractivity contribution in [3.63, 3.8) is 0 Å². The van der Waals surface area contributed by atoms with Crippen LogP contribution >= 0.6 is 0 Å². The first-order valence-corrected chi connectivity index (χ1v) is 23.1. The second-order valence-electron chi connectivity index (χ2n) is 16.7. The number of benzene rings is 3. The average Bonchev–Trinajstić information content (AvgIpc) is 3.47. The Morgan fingerprint density at radius 1 is 0.472 bits per heavy atom. The summed E-state index contributed by atoms with van der Waals surface area (Å²) in [6.07, 6.45) is 0.737. The quantitative estimate of drug-likeness (QED) is 0.0715. The third kappa shape index (κ3) is 15.5. The predicted octanol–water partition coefficient (Wildman–Crippen LogP) is 5.73. The van der Waals surface area contributed by atoms with Crippen LogP contribution in [0.3, 0.4) is 0 Å². The fourth-order valence-electron chi connectivity index (χ4n) is 7.59. The van der Waals surface area contributed by atoms with Crippen LogP contribution in [0.15, 0.2) is 109 Å². The Hall–Kier alpha value is -8.56. The first-order chi connectivity index (χ1) is 34.9. The molecule has 16 heteroatoms. The summed E-state index contributed by atoms with van der Waals surface area (Å²) in [5.41, 5.74) is 10.3.